The molecule has 0 aromatic heterocycles. The summed E-state index contributed by atoms with van der Waals surface area (Å²) < 4.78 is 28.5. The molecule has 1 aromatic carbocycles. The van der Waals surface area contributed by atoms with Crippen molar-refractivity contribution in [2.75, 3.05) is 6.54 Å². The molecule has 106 valence electrons. The van der Waals surface area contributed by atoms with Crippen molar-refractivity contribution in [3.63, 3.8) is 0 Å². The summed E-state index contributed by atoms with van der Waals surface area (Å²) in [5.74, 6) is -0.194. The van der Waals surface area contributed by atoms with Crippen LogP contribution in [0.5, 0.6) is 5.75 Å². The Morgan fingerprint density at radius 3 is 2.84 bits per heavy atom. The maximum Gasteiger partial charge on any atom is 0.387 e. The zero-order valence-corrected chi connectivity index (χ0v) is 10.7. The first-order chi connectivity index (χ1) is 8.99. The Morgan fingerprint density at radius 1 is 1.47 bits per heavy atom. The van der Waals surface area contributed by atoms with Gasteiger partial charge >= 0.3 is 6.61 Å². The third-order valence-corrected chi connectivity index (χ3v) is 2.63. The smallest absolute Gasteiger partial charge is 0.387 e. The largest absolute Gasteiger partial charge is 0.435 e. The Morgan fingerprint density at radius 2 is 2.21 bits per heavy atom. The molecule has 0 aliphatic rings. The molecule has 0 aliphatic carbocycles. The lowest BCUT2D eigenvalue weighted by Gasteiger charge is -2.15. The standard InChI is InChI=1S/C13H18F2N2O2/c1-9(17-7-3-6-12(16)18)10-4-2-5-11(8-10)19-13(14)15/h2,4-5,8-9,13,17H,3,6-7H2,1H3,(H2,16,18). The van der Waals surface area contributed by atoms with Crippen LogP contribution in [0.2, 0.25) is 0 Å². The van der Waals surface area contributed by atoms with Crippen LogP contribution in [0.4, 0.5) is 8.78 Å². The molecule has 1 amide bonds. The van der Waals surface area contributed by atoms with E-state index in [1.165, 1.54) is 6.07 Å². The van der Waals surface area contributed by atoms with Crippen LogP contribution < -0.4 is 15.8 Å². The number of carbonyl (C=O) groups is 1. The molecule has 0 radical (unpaired) electrons. The zero-order valence-electron chi connectivity index (χ0n) is 10.7. The van der Waals surface area contributed by atoms with E-state index in [4.69, 9.17) is 5.73 Å². The number of primary amides is 1. The highest BCUT2D eigenvalue weighted by molar-refractivity contribution is 5.73. The average Bonchev–Trinajstić information content (AvgIpc) is 2.33. The van der Waals surface area contributed by atoms with Gasteiger partial charge in [-0.05, 0) is 37.6 Å². The summed E-state index contributed by atoms with van der Waals surface area (Å²) in [6.45, 7) is -0.287. The minimum atomic E-state index is -2.82. The Labute approximate surface area is 110 Å². The number of hydrogen-bond acceptors (Lipinski definition) is 3. The number of benzene rings is 1. The van der Waals surface area contributed by atoms with Gasteiger partial charge in [-0.25, -0.2) is 0 Å². The van der Waals surface area contributed by atoms with E-state index in [9.17, 15) is 13.6 Å². The second-order valence-corrected chi connectivity index (χ2v) is 4.20. The Balaban J connectivity index is 2.47. The monoisotopic (exact) mass is 272 g/mol. The summed E-state index contributed by atoms with van der Waals surface area (Å²) in [5, 5.41) is 3.18. The number of nitrogens with one attached hydrogen (secondary N) is 1. The normalized spacial score (nSPS) is 12.4. The highest BCUT2D eigenvalue weighted by Gasteiger charge is 2.08. The first kappa shape index (κ1) is 15.4. The summed E-state index contributed by atoms with van der Waals surface area (Å²) in [5.41, 5.74) is 5.88. The van der Waals surface area contributed by atoms with Crippen molar-refractivity contribution >= 4 is 5.91 Å². The van der Waals surface area contributed by atoms with Gasteiger partial charge in [0.25, 0.3) is 0 Å². The molecule has 3 N–H and O–H groups in total. The molecule has 0 saturated heterocycles. The second-order valence-electron chi connectivity index (χ2n) is 4.20. The number of alkyl halides is 2. The molecule has 1 rings (SSSR count). The van der Waals surface area contributed by atoms with Crippen molar-refractivity contribution in [3.8, 4) is 5.75 Å². The van der Waals surface area contributed by atoms with E-state index in [1.54, 1.807) is 12.1 Å². The van der Waals surface area contributed by atoms with Crippen LogP contribution >= 0.6 is 0 Å². The third kappa shape index (κ3) is 6.15. The maximum atomic E-state index is 12.1. The van der Waals surface area contributed by atoms with Crippen LogP contribution in [0.3, 0.4) is 0 Å². The lowest BCUT2D eigenvalue weighted by molar-refractivity contribution is -0.118. The Kier molecular flexibility index (Phi) is 6.21. The molecule has 0 bridgehead atoms. The van der Waals surface area contributed by atoms with E-state index in [-0.39, 0.29) is 17.7 Å². The van der Waals surface area contributed by atoms with Crippen LogP contribution in [0.15, 0.2) is 24.3 Å². The molecular formula is C13H18F2N2O2. The fourth-order valence-corrected chi connectivity index (χ4v) is 1.66. The van der Waals surface area contributed by atoms with E-state index < -0.39 is 6.61 Å². The Hall–Kier alpha value is -1.69. The minimum absolute atomic E-state index is 0.0194. The van der Waals surface area contributed by atoms with Crippen LogP contribution in [-0.2, 0) is 4.79 Å². The van der Waals surface area contributed by atoms with E-state index >= 15 is 0 Å². The van der Waals surface area contributed by atoms with Crippen molar-refractivity contribution in [2.45, 2.75) is 32.4 Å². The number of hydrogen-bond donors (Lipinski definition) is 2. The number of halogens is 2. The van der Waals surface area contributed by atoms with E-state index in [2.05, 4.69) is 10.1 Å². The number of rotatable bonds is 8. The van der Waals surface area contributed by atoms with Gasteiger partial charge in [-0.1, -0.05) is 12.1 Å². The molecule has 4 nitrogen and oxygen atoms in total. The third-order valence-electron chi connectivity index (χ3n) is 2.63. The summed E-state index contributed by atoms with van der Waals surface area (Å²) in [6, 6.07) is 6.51. The highest BCUT2D eigenvalue weighted by atomic mass is 19.3. The number of nitrogens with two attached hydrogens (primary N) is 1. The first-order valence-electron chi connectivity index (χ1n) is 6.05. The lowest BCUT2D eigenvalue weighted by atomic mass is 10.1. The topological polar surface area (TPSA) is 64.3 Å². The van der Waals surface area contributed by atoms with Gasteiger partial charge in [0.05, 0.1) is 0 Å². The summed E-state index contributed by atoms with van der Waals surface area (Å²) >= 11 is 0. The molecular weight excluding hydrogens is 254 g/mol. The Bertz CT molecular complexity index is 413. The second kappa shape index (κ2) is 7.68. The fraction of sp³-hybridized carbons (Fsp3) is 0.462. The molecule has 19 heavy (non-hydrogen) atoms. The highest BCUT2D eigenvalue weighted by Crippen LogP contribution is 2.20. The predicted octanol–water partition coefficient (Wildman–Crippen LogP) is 2.20. The average molecular weight is 272 g/mol. The van der Waals surface area contributed by atoms with Crippen molar-refractivity contribution in [2.24, 2.45) is 5.73 Å². The molecule has 0 spiro atoms. The van der Waals surface area contributed by atoms with Gasteiger partial charge in [0, 0.05) is 12.5 Å². The van der Waals surface area contributed by atoms with Crippen molar-refractivity contribution in [1.82, 2.24) is 5.32 Å². The quantitative estimate of drug-likeness (QED) is 0.713. The molecule has 0 saturated carbocycles. The molecule has 0 fully saturated rings. The van der Waals surface area contributed by atoms with E-state index in [0.717, 1.165) is 5.56 Å². The van der Waals surface area contributed by atoms with E-state index in [1.807, 2.05) is 13.0 Å². The number of amides is 1. The van der Waals surface area contributed by atoms with Gasteiger partial charge in [0.15, 0.2) is 0 Å². The minimum Gasteiger partial charge on any atom is -0.435 e. The molecule has 0 aliphatic heterocycles. The van der Waals surface area contributed by atoms with Crippen molar-refractivity contribution in [1.29, 1.82) is 0 Å². The van der Waals surface area contributed by atoms with Crippen LogP contribution in [-0.4, -0.2) is 19.1 Å². The van der Waals surface area contributed by atoms with Crippen molar-refractivity contribution in [3.05, 3.63) is 29.8 Å². The first-order valence-corrected chi connectivity index (χ1v) is 6.05. The molecule has 1 aromatic rings. The van der Waals surface area contributed by atoms with Crippen LogP contribution in [0, 0.1) is 0 Å². The van der Waals surface area contributed by atoms with Gasteiger partial charge in [0.1, 0.15) is 5.75 Å². The summed E-state index contributed by atoms with van der Waals surface area (Å²) in [7, 11) is 0. The number of ether oxygens (including phenoxy) is 1. The fourth-order valence-electron chi connectivity index (χ4n) is 1.66. The van der Waals surface area contributed by atoms with Gasteiger partial charge in [-0.3, -0.25) is 4.79 Å². The summed E-state index contributed by atoms with van der Waals surface area (Å²) in [6.07, 6.45) is 0.973. The predicted molar refractivity (Wildman–Crippen MR) is 67.9 cm³/mol. The van der Waals surface area contributed by atoms with Crippen LogP contribution in [0.1, 0.15) is 31.4 Å². The lowest BCUT2D eigenvalue weighted by Crippen LogP contribution is -2.21. The SMILES string of the molecule is CC(NCCCC(N)=O)c1cccc(OC(F)F)c1. The molecule has 0 heterocycles. The molecule has 6 heteroatoms. The molecule has 1 unspecified atom stereocenters. The molecule has 1 atom stereocenters. The number of carbonyl (C=O) groups excluding carboxylic acids is 1. The van der Waals surface area contributed by atoms with Gasteiger partial charge < -0.3 is 15.8 Å². The van der Waals surface area contributed by atoms with Gasteiger partial charge in [-0.2, -0.15) is 8.78 Å². The van der Waals surface area contributed by atoms with Crippen molar-refractivity contribution < 1.29 is 18.3 Å². The van der Waals surface area contributed by atoms with Crippen LogP contribution in [0.25, 0.3) is 0 Å². The maximum absolute atomic E-state index is 12.1. The van der Waals surface area contributed by atoms with Gasteiger partial charge in [-0.15, -0.1) is 0 Å². The zero-order chi connectivity index (χ0) is 14.3. The van der Waals surface area contributed by atoms with Gasteiger partial charge in [0.2, 0.25) is 5.91 Å². The van der Waals surface area contributed by atoms with E-state index in [0.29, 0.717) is 19.4 Å². The summed E-state index contributed by atoms with van der Waals surface area (Å²) in [4.78, 5) is 10.6.